The highest BCUT2D eigenvalue weighted by Crippen LogP contribution is 2.29. The van der Waals surface area contributed by atoms with Gasteiger partial charge in [-0.15, -0.1) is 0 Å². The van der Waals surface area contributed by atoms with Crippen molar-refractivity contribution in [3.05, 3.63) is 23.8 Å². The molecular formula is C16H22N2O3. The fourth-order valence-corrected chi connectivity index (χ4v) is 1.86. The zero-order chi connectivity index (χ0) is 15.8. The maximum absolute atomic E-state index is 12.4. The molecule has 0 aliphatic heterocycles. The highest BCUT2D eigenvalue weighted by molar-refractivity contribution is 5.95. The molecule has 1 amide bonds. The maximum Gasteiger partial charge on any atom is 0.254 e. The summed E-state index contributed by atoms with van der Waals surface area (Å²) in [6.07, 6.45) is 0.303. The van der Waals surface area contributed by atoms with Gasteiger partial charge in [-0.1, -0.05) is 0 Å². The first-order valence-corrected chi connectivity index (χ1v) is 7.08. The van der Waals surface area contributed by atoms with E-state index < -0.39 is 0 Å². The number of amides is 1. The van der Waals surface area contributed by atoms with Gasteiger partial charge in [0.05, 0.1) is 25.7 Å². The molecule has 0 bridgehead atoms. The Morgan fingerprint density at radius 2 is 1.90 bits per heavy atom. The van der Waals surface area contributed by atoms with Gasteiger partial charge < -0.3 is 14.4 Å². The number of carbonyl (C=O) groups is 1. The number of hydrogen-bond donors (Lipinski definition) is 0. The largest absolute Gasteiger partial charge is 0.490 e. The van der Waals surface area contributed by atoms with Gasteiger partial charge in [-0.3, -0.25) is 4.79 Å². The highest BCUT2D eigenvalue weighted by atomic mass is 16.5. The molecule has 5 heteroatoms. The van der Waals surface area contributed by atoms with Crippen molar-refractivity contribution >= 4 is 5.91 Å². The van der Waals surface area contributed by atoms with E-state index in [1.54, 1.807) is 30.1 Å². The summed E-state index contributed by atoms with van der Waals surface area (Å²) >= 11 is 0. The molecule has 0 N–H and O–H groups in total. The van der Waals surface area contributed by atoms with Gasteiger partial charge in [-0.2, -0.15) is 5.26 Å². The van der Waals surface area contributed by atoms with Gasteiger partial charge in [-0.05, 0) is 39.0 Å². The lowest BCUT2D eigenvalue weighted by atomic mass is 10.1. The molecule has 0 saturated heterocycles. The Morgan fingerprint density at radius 1 is 1.29 bits per heavy atom. The van der Waals surface area contributed by atoms with Crippen LogP contribution in [0.4, 0.5) is 0 Å². The highest BCUT2D eigenvalue weighted by Gasteiger charge is 2.19. The van der Waals surface area contributed by atoms with E-state index in [1.807, 2.05) is 20.8 Å². The van der Waals surface area contributed by atoms with Crippen LogP contribution in [0.25, 0.3) is 0 Å². The third-order valence-electron chi connectivity index (χ3n) is 3.16. The molecule has 1 aromatic rings. The van der Waals surface area contributed by atoms with Crippen molar-refractivity contribution in [3.63, 3.8) is 0 Å². The standard InChI is InChI=1S/C16H22N2O3/c1-5-20-14-8-7-13(11-15(14)21-6-2)16(19)18(4)12(3)9-10-17/h7-8,11-12H,5-6,9H2,1-4H3. The van der Waals surface area contributed by atoms with Crippen molar-refractivity contribution in [1.82, 2.24) is 4.90 Å². The summed E-state index contributed by atoms with van der Waals surface area (Å²) in [5, 5.41) is 8.72. The van der Waals surface area contributed by atoms with Gasteiger partial charge in [0.2, 0.25) is 0 Å². The van der Waals surface area contributed by atoms with E-state index in [0.717, 1.165) is 0 Å². The minimum absolute atomic E-state index is 0.135. The van der Waals surface area contributed by atoms with Gasteiger partial charge in [-0.25, -0.2) is 0 Å². The van der Waals surface area contributed by atoms with Crippen molar-refractivity contribution in [3.8, 4) is 17.6 Å². The second kappa shape index (κ2) is 8.15. The van der Waals surface area contributed by atoms with Gasteiger partial charge in [0.1, 0.15) is 0 Å². The molecule has 1 unspecified atom stereocenters. The lowest BCUT2D eigenvalue weighted by Gasteiger charge is -2.23. The van der Waals surface area contributed by atoms with Crippen LogP contribution in [0.5, 0.6) is 11.5 Å². The van der Waals surface area contributed by atoms with Crippen LogP contribution in [-0.4, -0.2) is 37.1 Å². The number of hydrogen-bond acceptors (Lipinski definition) is 4. The Balaban J connectivity index is 3.00. The second-order valence-electron chi connectivity index (χ2n) is 4.65. The minimum atomic E-state index is -0.137. The fraction of sp³-hybridized carbons (Fsp3) is 0.500. The van der Waals surface area contributed by atoms with E-state index >= 15 is 0 Å². The molecule has 0 aromatic heterocycles. The van der Waals surface area contributed by atoms with Crippen LogP contribution in [0.15, 0.2) is 18.2 Å². The van der Waals surface area contributed by atoms with Crippen LogP contribution in [0.3, 0.4) is 0 Å². The summed E-state index contributed by atoms with van der Waals surface area (Å²) in [6.45, 7) is 6.65. The molecular weight excluding hydrogens is 268 g/mol. The van der Waals surface area contributed by atoms with Crippen molar-refractivity contribution in [2.24, 2.45) is 0 Å². The van der Waals surface area contributed by atoms with Crippen LogP contribution in [0.2, 0.25) is 0 Å². The maximum atomic E-state index is 12.4. The summed E-state index contributed by atoms with van der Waals surface area (Å²) in [7, 11) is 1.70. The van der Waals surface area contributed by atoms with Crippen LogP contribution >= 0.6 is 0 Å². The van der Waals surface area contributed by atoms with Gasteiger partial charge in [0.25, 0.3) is 5.91 Å². The number of nitrogens with zero attached hydrogens (tertiary/aromatic N) is 2. The van der Waals surface area contributed by atoms with E-state index in [2.05, 4.69) is 6.07 Å². The first-order valence-electron chi connectivity index (χ1n) is 7.08. The van der Waals surface area contributed by atoms with E-state index in [-0.39, 0.29) is 11.9 Å². The van der Waals surface area contributed by atoms with E-state index in [0.29, 0.717) is 36.7 Å². The van der Waals surface area contributed by atoms with Crippen molar-refractivity contribution in [2.45, 2.75) is 33.2 Å². The molecule has 0 aliphatic rings. The summed E-state index contributed by atoms with van der Waals surface area (Å²) < 4.78 is 11.0. The zero-order valence-corrected chi connectivity index (χ0v) is 13.0. The predicted molar refractivity (Wildman–Crippen MR) is 80.6 cm³/mol. The van der Waals surface area contributed by atoms with Crippen LogP contribution in [-0.2, 0) is 0 Å². The Labute approximate surface area is 126 Å². The van der Waals surface area contributed by atoms with Crippen LogP contribution in [0.1, 0.15) is 37.6 Å². The minimum Gasteiger partial charge on any atom is -0.490 e. The Morgan fingerprint density at radius 3 is 2.48 bits per heavy atom. The molecule has 0 radical (unpaired) electrons. The summed E-state index contributed by atoms with van der Waals surface area (Å²) in [4.78, 5) is 14.0. The average Bonchev–Trinajstić information content (AvgIpc) is 2.48. The number of ether oxygens (including phenoxy) is 2. The summed E-state index contributed by atoms with van der Waals surface area (Å²) in [5.41, 5.74) is 0.522. The molecule has 5 nitrogen and oxygen atoms in total. The first kappa shape index (κ1) is 16.8. The molecule has 0 aliphatic carbocycles. The molecule has 1 rings (SSSR count). The lowest BCUT2D eigenvalue weighted by molar-refractivity contribution is 0.0745. The van der Waals surface area contributed by atoms with Crippen molar-refractivity contribution < 1.29 is 14.3 Å². The number of nitriles is 1. The van der Waals surface area contributed by atoms with E-state index in [1.165, 1.54) is 0 Å². The number of carbonyl (C=O) groups excluding carboxylic acids is 1. The average molecular weight is 290 g/mol. The number of rotatable bonds is 7. The smallest absolute Gasteiger partial charge is 0.254 e. The molecule has 0 heterocycles. The second-order valence-corrected chi connectivity index (χ2v) is 4.65. The molecule has 0 fully saturated rings. The van der Waals surface area contributed by atoms with Crippen molar-refractivity contribution in [2.75, 3.05) is 20.3 Å². The van der Waals surface area contributed by atoms with Crippen molar-refractivity contribution in [1.29, 1.82) is 5.26 Å². The molecule has 1 atom stereocenters. The Bertz CT molecular complexity index is 523. The normalized spacial score (nSPS) is 11.4. The molecule has 0 spiro atoms. The van der Waals surface area contributed by atoms with Crippen LogP contribution in [0, 0.1) is 11.3 Å². The van der Waals surface area contributed by atoms with Gasteiger partial charge in [0, 0.05) is 18.7 Å². The summed E-state index contributed by atoms with van der Waals surface area (Å²) in [6, 6.07) is 7.08. The predicted octanol–water partition coefficient (Wildman–Crippen LogP) is 2.86. The summed E-state index contributed by atoms with van der Waals surface area (Å²) in [5.74, 6) is 1.05. The van der Waals surface area contributed by atoms with Gasteiger partial charge in [0.15, 0.2) is 11.5 Å². The monoisotopic (exact) mass is 290 g/mol. The fourth-order valence-electron chi connectivity index (χ4n) is 1.86. The molecule has 0 saturated carbocycles. The Kier molecular flexibility index (Phi) is 6.54. The van der Waals surface area contributed by atoms with E-state index in [4.69, 9.17) is 14.7 Å². The quantitative estimate of drug-likeness (QED) is 0.774. The van der Waals surface area contributed by atoms with E-state index in [9.17, 15) is 4.79 Å². The van der Waals surface area contributed by atoms with Crippen LogP contribution < -0.4 is 9.47 Å². The Hall–Kier alpha value is -2.22. The third-order valence-corrected chi connectivity index (χ3v) is 3.16. The topological polar surface area (TPSA) is 62.6 Å². The molecule has 1 aromatic carbocycles. The zero-order valence-electron chi connectivity index (χ0n) is 13.0. The molecule has 114 valence electrons. The third kappa shape index (κ3) is 4.38. The van der Waals surface area contributed by atoms with Gasteiger partial charge >= 0.3 is 0 Å². The lowest BCUT2D eigenvalue weighted by Crippen LogP contribution is -2.34. The molecule has 21 heavy (non-hydrogen) atoms. The number of benzene rings is 1. The SMILES string of the molecule is CCOc1ccc(C(=O)N(C)C(C)CC#N)cc1OCC. The first-order chi connectivity index (χ1) is 10.0.